The van der Waals surface area contributed by atoms with Crippen molar-refractivity contribution >= 4 is 23.2 Å². The predicted molar refractivity (Wildman–Crippen MR) is 89.9 cm³/mol. The number of aliphatic imine (C=N–C) groups is 1. The molecule has 1 heterocycles. The number of hydrogen-bond donors (Lipinski definition) is 3. The Labute approximate surface area is 131 Å². The summed E-state index contributed by atoms with van der Waals surface area (Å²) < 4.78 is 0. The van der Waals surface area contributed by atoms with Crippen molar-refractivity contribution in [2.75, 3.05) is 26.2 Å². The van der Waals surface area contributed by atoms with Crippen LogP contribution in [0.4, 0.5) is 0 Å². The van der Waals surface area contributed by atoms with E-state index < -0.39 is 0 Å². The monoisotopic (exact) mass is 310 g/mol. The van der Waals surface area contributed by atoms with Crippen LogP contribution >= 0.6 is 11.3 Å². The minimum atomic E-state index is 0.0256. The second-order valence-corrected chi connectivity index (χ2v) is 5.99. The van der Waals surface area contributed by atoms with Crippen LogP contribution in [0.5, 0.6) is 0 Å². The van der Waals surface area contributed by atoms with E-state index in [1.165, 1.54) is 4.88 Å². The molecule has 1 aromatic heterocycles. The van der Waals surface area contributed by atoms with E-state index in [1.54, 1.807) is 11.3 Å². The molecule has 0 aliphatic carbocycles. The molecule has 1 amide bonds. The third-order valence-electron chi connectivity index (χ3n) is 2.79. The first-order valence-electron chi connectivity index (χ1n) is 7.45. The van der Waals surface area contributed by atoms with Crippen LogP contribution in [0.25, 0.3) is 0 Å². The zero-order valence-electron chi connectivity index (χ0n) is 13.1. The number of nitrogens with one attached hydrogen (secondary N) is 3. The molecule has 5 nitrogen and oxygen atoms in total. The van der Waals surface area contributed by atoms with Gasteiger partial charge < -0.3 is 16.0 Å². The molecular weight excluding hydrogens is 284 g/mol. The number of hydrogen-bond acceptors (Lipinski definition) is 3. The maximum Gasteiger partial charge on any atom is 0.222 e. The molecule has 0 fully saturated rings. The summed E-state index contributed by atoms with van der Waals surface area (Å²) in [5, 5.41) is 11.4. The first-order chi connectivity index (χ1) is 10.1. The molecule has 0 unspecified atom stereocenters. The largest absolute Gasteiger partial charge is 0.357 e. The van der Waals surface area contributed by atoms with Crippen LogP contribution < -0.4 is 16.0 Å². The number of carbonyl (C=O) groups is 1. The van der Waals surface area contributed by atoms with E-state index in [2.05, 4.69) is 38.5 Å². The third kappa shape index (κ3) is 7.70. The van der Waals surface area contributed by atoms with Gasteiger partial charge in [-0.2, -0.15) is 0 Å². The molecule has 0 atom stereocenters. The highest BCUT2D eigenvalue weighted by Crippen LogP contribution is 2.08. The summed E-state index contributed by atoms with van der Waals surface area (Å²) >= 11 is 1.76. The predicted octanol–water partition coefficient (Wildman–Crippen LogP) is 1.62. The van der Waals surface area contributed by atoms with Gasteiger partial charge in [-0.3, -0.25) is 9.79 Å². The van der Waals surface area contributed by atoms with E-state index >= 15 is 0 Å². The first-order valence-corrected chi connectivity index (χ1v) is 8.33. The minimum Gasteiger partial charge on any atom is -0.357 e. The van der Waals surface area contributed by atoms with Crippen LogP contribution in [0.2, 0.25) is 0 Å². The smallest absolute Gasteiger partial charge is 0.222 e. The topological polar surface area (TPSA) is 65.5 Å². The normalized spacial score (nSPS) is 11.5. The van der Waals surface area contributed by atoms with Gasteiger partial charge in [-0.25, -0.2) is 0 Å². The maximum absolute atomic E-state index is 11.4. The van der Waals surface area contributed by atoms with E-state index in [9.17, 15) is 4.79 Å². The Morgan fingerprint density at radius 2 is 2.05 bits per heavy atom. The average Bonchev–Trinajstić information content (AvgIpc) is 2.96. The van der Waals surface area contributed by atoms with Crippen LogP contribution in [0.15, 0.2) is 22.5 Å². The third-order valence-corrected chi connectivity index (χ3v) is 3.73. The second kappa shape index (κ2) is 10.2. The lowest BCUT2D eigenvalue weighted by atomic mass is 10.2. The molecule has 0 bridgehead atoms. The second-order valence-electron chi connectivity index (χ2n) is 4.96. The summed E-state index contributed by atoms with van der Waals surface area (Å²) in [7, 11) is 0. The van der Waals surface area contributed by atoms with E-state index in [4.69, 9.17) is 0 Å². The van der Waals surface area contributed by atoms with E-state index in [1.807, 2.05) is 20.8 Å². The number of amides is 1. The van der Waals surface area contributed by atoms with Crippen molar-refractivity contribution in [3.63, 3.8) is 0 Å². The summed E-state index contributed by atoms with van der Waals surface area (Å²) in [5.41, 5.74) is 0. The Kier molecular flexibility index (Phi) is 8.50. The lowest BCUT2D eigenvalue weighted by Gasteiger charge is -2.12. The van der Waals surface area contributed by atoms with Gasteiger partial charge in [0.1, 0.15) is 0 Å². The summed E-state index contributed by atoms with van der Waals surface area (Å²) in [4.78, 5) is 17.3. The Balaban J connectivity index is 2.26. The standard InChI is InChI=1S/C15H26N4OS/c1-4-16-15(18-8-7-13-6-5-11-21-13)19-10-9-17-14(20)12(2)3/h5-6,11-12H,4,7-10H2,1-3H3,(H,17,20)(H2,16,18,19). The van der Waals surface area contributed by atoms with E-state index in [-0.39, 0.29) is 11.8 Å². The Hall–Kier alpha value is -1.56. The molecule has 0 saturated carbocycles. The van der Waals surface area contributed by atoms with Crippen LogP contribution in [0, 0.1) is 5.92 Å². The zero-order valence-corrected chi connectivity index (χ0v) is 13.9. The summed E-state index contributed by atoms with van der Waals surface area (Å²) in [6.45, 7) is 8.67. The van der Waals surface area contributed by atoms with Gasteiger partial charge in [-0.15, -0.1) is 11.3 Å². The Morgan fingerprint density at radius 1 is 1.29 bits per heavy atom. The van der Waals surface area contributed by atoms with Gasteiger partial charge in [0.05, 0.1) is 0 Å². The van der Waals surface area contributed by atoms with Gasteiger partial charge in [-0.1, -0.05) is 19.9 Å². The highest BCUT2D eigenvalue weighted by molar-refractivity contribution is 7.09. The van der Waals surface area contributed by atoms with Crippen molar-refractivity contribution in [1.29, 1.82) is 0 Å². The van der Waals surface area contributed by atoms with Crippen molar-refractivity contribution in [3.05, 3.63) is 22.4 Å². The molecule has 0 radical (unpaired) electrons. The van der Waals surface area contributed by atoms with Crippen molar-refractivity contribution in [3.8, 4) is 0 Å². The summed E-state index contributed by atoms with van der Waals surface area (Å²) in [6, 6.07) is 4.19. The molecule has 118 valence electrons. The van der Waals surface area contributed by atoms with Crippen LogP contribution in [-0.4, -0.2) is 38.0 Å². The van der Waals surface area contributed by atoms with E-state index in [0.717, 1.165) is 25.5 Å². The van der Waals surface area contributed by atoms with Crippen molar-refractivity contribution in [2.24, 2.45) is 10.9 Å². The molecule has 0 aliphatic heterocycles. The first kappa shape index (κ1) is 17.5. The number of thiophene rings is 1. The maximum atomic E-state index is 11.4. The van der Waals surface area contributed by atoms with Crippen molar-refractivity contribution < 1.29 is 4.79 Å². The van der Waals surface area contributed by atoms with Gasteiger partial charge in [0.2, 0.25) is 5.91 Å². The van der Waals surface area contributed by atoms with E-state index in [0.29, 0.717) is 13.1 Å². The SMILES string of the molecule is CCNC(=NCCc1cccs1)NCCNC(=O)C(C)C. The Bertz CT molecular complexity index is 429. The highest BCUT2D eigenvalue weighted by Gasteiger charge is 2.05. The molecule has 6 heteroatoms. The number of rotatable bonds is 8. The highest BCUT2D eigenvalue weighted by atomic mass is 32.1. The number of carbonyl (C=O) groups excluding carboxylic acids is 1. The van der Waals surface area contributed by atoms with Crippen molar-refractivity contribution in [2.45, 2.75) is 27.2 Å². The molecule has 0 spiro atoms. The molecule has 0 saturated heterocycles. The average molecular weight is 310 g/mol. The summed E-state index contributed by atoms with van der Waals surface area (Å²) in [6.07, 6.45) is 0.957. The quantitative estimate of drug-likeness (QED) is 0.388. The van der Waals surface area contributed by atoms with Crippen LogP contribution in [-0.2, 0) is 11.2 Å². The van der Waals surface area contributed by atoms with Crippen molar-refractivity contribution in [1.82, 2.24) is 16.0 Å². The number of guanidine groups is 1. The van der Waals surface area contributed by atoms with Crippen LogP contribution in [0.1, 0.15) is 25.6 Å². The minimum absolute atomic E-state index is 0.0256. The molecule has 1 aromatic rings. The fraction of sp³-hybridized carbons (Fsp3) is 0.600. The fourth-order valence-corrected chi connectivity index (χ4v) is 2.34. The van der Waals surface area contributed by atoms with Gasteiger partial charge in [0.15, 0.2) is 5.96 Å². The molecule has 0 aliphatic rings. The molecular formula is C15H26N4OS. The Morgan fingerprint density at radius 3 is 2.67 bits per heavy atom. The van der Waals surface area contributed by atoms with Gasteiger partial charge in [0.25, 0.3) is 0 Å². The lowest BCUT2D eigenvalue weighted by molar-refractivity contribution is -0.123. The molecule has 21 heavy (non-hydrogen) atoms. The molecule has 1 rings (SSSR count). The zero-order chi connectivity index (χ0) is 15.5. The lowest BCUT2D eigenvalue weighted by Crippen LogP contribution is -2.42. The summed E-state index contributed by atoms with van der Waals surface area (Å²) in [5.74, 6) is 0.905. The van der Waals surface area contributed by atoms with Gasteiger partial charge in [0, 0.05) is 43.4 Å². The molecule has 3 N–H and O–H groups in total. The number of nitrogens with zero attached hydrogens (tertiary/aromatic N) is 1. The van der Waals surface area contributed by atoms with Gasteiger partial charge in [-0.05, 0) is 18.4 Å². The van der Waals surface area contributed by atoms with Crippen LogP contribution in [0.3, 0.4) is 0 Å². The fourth-order valence-electron chi connectivity index (χ4n) is 1.65. The molecule has 0 aromatic carbocycles. The van der Waals surface area contributed by atoms with Gasteiger partial charge >= 0.3 is 0 Å².